The molecule has 0 aliphatic heterocycles. The Labute approximate surface area is 139 Å². The normalized spacial score (nSPS) is 12.3. The van der Waals surface area contributed by atoms with Gasteiger partial charge in [-0.3, -0.25) is 0 Å². The summed E-state index contributed by atoms with van der Waals surface area (Å²) in [6.45, 7) is 9.88. The molecule has 0 bridgehead atoms. The van der Waals surface area contributed by atoms with Crippen LogP contribution in [-0.4, -0.2) is 38.4 Å². The third-order valence-electron chi connectivity index (χ3n) is 3.04. The second-order valence-corrected chi connectivity index (χ2v) is 5.19. The van der Waals surface area contributed by atoms with Crippen molar-refractivity contribution in [2.75, 3.05) is 26.4 Å². The van der Waals surface area contributed by atoms with Crippen LogP contribution < -0.4 is 0 Å². The fourth-order valence-corrected chi connectivity index (χ4v) is 1.67. The van der Waals surface area contributed by atoms with Crippen molar-refractivity contribution < 1.29 is 23.8 Å². The fourth-order valence-electron chi connectivity index (χ4n) is 1.67. The van der Waals surface area contributed by atoms with Crippen molar-refractivity contribution in [2.24, 2.45) is 0 Å². The van der Waals surface area contributed by atoms with Gasteiger partial charge in [0.1, 0.15) is 0 Å². The summed E-state index contributed by atoms with van der Waals surface area (Å²) in [6, 6.07) is 0. The summed E-state index contributed by atoms with van der Waals surface area (Å²) >= 11 is 0. The van der Waals surface area contributed by atoms with Gasteiger partial charge in [0.2, 0.25) is 0 Å². The summed E-state index contributed by atoms with van der Waals surface area (Å²) in [5, 5.41) is 0. The lowest BCUT2D eigenvalue weighted by molar-refractivity contribution is -0.153. The van der Waals surface area contributed by atoms with Gasteiger partial charge in [0, 0.05) is 31.0 Å². The average Bonchev–Trinajstić information content (AvgIpc) is 2.53. The molecule has 23 heavy (non-hydrogen) atoms. The minimum atomic E-state index is -0.604. The van der Waals surface area contributed by atoms with E-state index in [1.165, 1.54) is 0 Å². The van der Waals surface area contributed by atoms with Crippen LogP contribution >= 0.6 is 0 Å². The molecule has 0 aromatic rings. The maximum atomic E-state index is 11.8. The summed E-state index contributed by atoms with van der Waals surface area (Å²) < 4.78 is 15.4. The minimum Gasteiger partial charge on any atom is -0.386 e. The highest BCUT2D eigenvalue weighted by Gasteiger charge is 2.13. The lowest BCUT2D eigenvalue weighted by Gasteiger charge is -2.04. The number of unbranched alkanes of at least 4 members (excludes halogenated alkanes) is 1. The van der Waals surface area contributed by atoms with Crippen LogP contribution in [0, 0.1) is 0 Å². The van der Waals surface area contributed by atoms with Crippen LogP contribution in [0.2, 0.25) is 0 Å². The van der Waals surface area contributed by atoms with Gasteiger partial charge in [-0.1, -0.05) is 19.1 Å². The molecular weight excluding hydrogens is 296 g/mol. The first-order valence-electron chi connectivity index (χ1n) is 8.28. The zero-order valence-electron chi connectivity index (χ0n) is 14.9. The molecule has 0 rings (SSSR count). The second-order valence-electron chi connectivity index (χ2n) is 5.19. The number of hydrogen-bond donors (Lipinski definition) is 0. The predicted molar refractivity (Wildman–Crippen MR) is 90.1 cm³/mol. The van der Waals surface area contributed by atoms with Gasteiger partial charge < -0.3 is 14.2 Å². The van der Waals surface area contributed by atoms with Gasteiger partial charge in [0.15, 0.2) is 0 Å². The number of hydrogen-bond acceptors (Lipinski definition) is 5. The van der Waals surface area contributed by atoms with Crippen molar-refractivity contribution in [1.29, 1.82) is 0 Å². The Morgan fingerprint density at radius 1 is 0.826 bits per heavy atom. The lowest BCUT2D eigenvalue weighted by atomic mass is 10.2. The number of carbonyl (C=O) groups excluding carboxylic acids is 2. The molecule has 0 spiro atoms. The number of ether oxygens (including phenoxy) is 3. The van der Waals surface area contributed by atoms with Crippen molar-refractivity contribution in [3.63, 3.8) is 0 Å². The maximum absolute atomic E-state index is 11.8. The Hall–Kier alpha value is -1.46. The van der Waals surface area contributed by atoms with E-state index in [0.717, 1.165) is 19.3 Å². The molecule has 132 valence electrons. The summed E-state index contributed by atoms with van der Waals surface area (Å²) in [5.74, 6) is -1.20. The first-order chi connectivity index (χ1) is 11.0. The predicted octanol–water partition coefficient (Wildman–Crippen LogP) is 3.58. The zero-order valence-corrected chi connectivity index (χ0v) is 14.9. The van der Waals surface area contributed by atoms with Crippen LogP contribution in [0.25, 0.3) is 0 Å². The molecule has 0 unspecified atom stereocenters. The first-order valence-corrected chi connectivity index (χ1v) is 8.28. The van der Waals surface area contributed by atoms with Gasteiger partial charge >= 0.3 is 11.9 Å². The quantitative estimate of drug-likeness (QED) is 0.237. The fraction of sp³-hybridized carbons (Fsp3) is 0.667. The van der Waals surface area contributed by atoms with Crippen molar-refractivity contribution >= 4 is 11.9 Å². The van der Waals surface area contributed by atoms with E-state index in [2.05, 4.69) is 0 Å². The molecule has 0 heterocycles. The van der Waals surface area contributed by atoms with Gasteiger partial charge in [-0.15, -0.1) is 0 Å². The van der Waals surface area contributed by atoms with Gasteiger partial charge in [-0.25, -0.2) is 9.59 Å². The Bertz CT molecular complexity index is 372. The van der Waals surface area contributed by atoms with Crippen LogP contribution in [0.5, 0.6) is 0 Å². The van der Waals surface area contributed by atoms with E-state index in [4.69, 9.17) is 14.2 Å². The van der Waals surface area contributed by atoms with Crippen LogP contribution in [-0.2, 0) is 23.8 Å². The molecule has 5 nitrogen and oxygen atoms in total. The average molecular weight is 326 g/mol. The van der Waals surface area contributed by atoms with E-state index >= 15 is 0 Å². The zero-order chi connectivity index (χ0) is 17.5. The monoisotopic (exact) mass is 326 g/mol. The van der Waals surface area contributed by atoms with Crippen molar-refractivity contribution in [1.82, 2.24) is 0 Å². The van der Waals surface area contributed by atoms with Crippen molar-refractivity contribution in [2.45, 2.75) is 53.4 Å². The van der Waals surface area contributed by atoms with Gasteiger partial charge in [-0.2, -0.15) is 0 Å². The van der Waals surface area contributed by atoms with E-state index in [0.29, 0.717) is 44.0 Å². The molecule has 0 amide bonds. The number of rotatable bonds is 12. The van der Waals surface area contributed by atoms with Crippen LogP contribution in [0.4, 0.5) is 0 Å². The van der Waals surface area contributed by atoms with Gasteiger partial charge in [-0.05, 0) is 46.5 Å². The minimum absolute atomic E-state index is 0.419. The Kier molecular flexibility index (Phi) is 13.3. The summed E-state index contributed by atoms with van der Waals surface area (Å²) in [7, 11) is 0. The van der Waals surface area contributed by atoms with E-state index in [1.807, 2.05) is 13.8 Å². The molecule has 0 radical (unpaired) electrons. The maximum Gasteiger partial charge on any atom is 0.341 e. The Balaban J connectivity index is 4.13. The molecule has 0 aliphatic rings. The molecule has 0 saturated heterocycles. The van der Waals surface area contributed by atoms with Crippen LogP contribution in [0.1, 0.15) is 53.4 Å². The van der Waals surface area contributed by atoms with Gasteiger partial charge in [0.25, 0.3) is 0 Å². The SMILES string of the molecule is CCCOCCC=C(C)C(=O)OC(=O)C(C)=CCCCOCC. The summed E-state index contributed by atoms with van der Waals surface area (Å²) in [6.07, 6.45) is 6.65. The third kappa shape index (κ3) is 11.7. The lowest BCUT2D eigenvalue weighted by Crippen LogP contribution is -2.14. The summed E-state index contributed by atoms with van der Waals surface area (Å²) in [4.78, 5) is 23.6. The van der Waals surface area contributed by atoms with Crippen molar-refractivity contribution in [3.05, 3.63) is 23.3 Å². The van der Waals surface area contributed by atoms with Crippen LogP contribution in [0.3, 0.4) is 0 Å². The van der Waals surface area contributed by atoms with E-state index in [1.54, 1.807) is 26.0 Å². The van der Waals surface area contributed by atoms with E-state index in [-0.39, 0.29) is 0 Å². The Morgan fingerprint density at radius 3 is 2.00 bits per heavy atom. The smallest absolute Gasteiger partial charge is 0.341 e. The first kappa shape index (κ1) is 21.5. The molecule has 0 aromatic carbocycles. The molecule has 0 N–H and O–H groups in total. The Morgan fingerprint density at radius 2 is 1.43 bits per heavy atom. The topological polar surface area (TPSA) is 61.8 Å². The third-order valence-corrected chi connectivity index (χ3v) is 3.04. The highest BCUT2D eigenvalue weighted by atomic mass is 16.6. The molecule has 0 aliphatic carbocycles. The molecule has 5 heteroatoms. The molecule has 0 saturated carbocycles. The molecule has 0 atom stereocenters. The standard InChI is InChI=1S/C18H30O5/c1-5-12-22-14-9-11-16(4)18(20)23-17(19)15(3)10-7-8-13-21-6-2/h10-11H,5-9,12-14H2,1-4H3. The number of carbonyl (C=O) groups is 2. The van der Waals surface area contributed by atoms with E-state index < -0.39 is 11.9 Å². The second kappa shape index (κ2) is 14.2. The number of esters is 2. The van der Waals surface area contributed by atoms with Gasteiger partial charge in [0.05, 0.1) is 6.61 Å². The molecule has 0 aromatic heterocycles. The van der Waals surface area contributed by atoms with Crippen LogP contribution in [0.15, 0.2) is 23.3 Å². The van der Waals surface area contributed by atoms with E-state index in [9.17, 15) is 9.59 Å². The highest BCUT2D eigenvalue weighted by Crippen LogP contribution is 2.05. The number of allylic oxidation sites excluding steroid dienone is 1. The molecular formula is C18H30O5. The highest BCUT2D eigenvalue weighted by molar-refractivity contribution is 6.01. The largest absolute Gasteiger partial charge is 0.386 e. The molecule has 0 fully saturated rings. The van der Waals surface area contributed by atoms with Crippen molar-refractivity contribution in [3.8, 4) is 0 Å². The summed E-state index contributed by atoms with van der Waals surface area (Å²) in [5.41, 5.74) is 0.858.